The fourth-order valence-electron chi connectivity index (χ4n) is 2.71. The van der Waals surface area contributed by atoms with Crippen LogP contribution in [-0.4, -0.2) is 24.4 Å². The molecule has 0 saturated heterocycles. The second kappa shape index (κ2) is 10.1. The van der Waals surface area contributed by atoms with Gasteiger partial charge in [-0.2, -0.15) is 0 Å². The number of hydrogen-bond acceptors (Lipinski definition) is 2. The van der Waals surface area contributed by atoms with Gasteiger partial charge in [-0.25, -0.2) is 0 Å². The van der Waals surface area contributed by atoms with Crippen LogP contribution >= 0.6 is 20.2 Å². The number of rotatable bonds is 6. The van der Waals surface area contributed by atoms with E-state index >= 15 is 0 Å². The summed E-state index contributed by atoms with van der Waals surface area (Å²) >= 11 is 6.22. The molecule has 5 heteroatoms. The molecule has 3 aromatic carbocycles. The van der Waals surface area contributed by atoms with Gasteiger partial charge in [0, 0.05) is 5.56 Å². The summed E-state index contributed by atoms with van der Waals surface area (Å²) in [4.78, 5) is 12.7. The zero-order chi connectivity index (χ0) is 18.5. The SMILES string of the molecule is Cc1cc(OCc2ccccc2)ccc1PC(=O)c1c(C)cccc1Cl.[LiH]. The van der Waals surface area contributed by atoms with Crippen LogP contribution < -0.4 is 10.0 Å². The van der Waals surface area contributed by atoms with Gasteiger partial charge in [-0.3, -0.25) is 4.79 Å². The molecule has 27 heavy (non-hydrogen) atoms. The average Bonchev–Trinajstić information content (AvgIpc) is 2.63. The Morgan fingerprint density at radius 3 is 2.37 bits per heavy atom. The Morgan fingerprint density at radius 1 is 0.963 bits per heavy atom. The molecule has 3 aromatic rings. The maximum absolute atomic E-state index is 12.7. The van der Waals surface area contributed by atoms with Crippen LogP contribution in [0.1, 0.15) is 27.0 Å². The van der Waals surface area contributed by atoms with Crippen molar-refractivity contribution >= 4 is 49.9 Å². The Balaban J connectivity index is 0.00000261. The Labute approximate surface area is 179 Å². The van der Waals surface area contributed by atoms with Gasteiger partial charge in [0.1, 0.15) is 12.4 Å². The Hall–Kier alpha value is -1.55. The van der Waals surface area contributed by atoms with Crippen molar-refractivity contribution < 1.29 is 9.53 Å². The number of halogens is 1. The molecule has 1 atom stereocenters. The summed E-state index contributed by atoms with van der Waals surface area (Å²) in [5, 5.41) is 1.53. The van der Waals surface area contributed by atoms with Gasteiger partial charge in [-0.1, -0.05) is 60.1 Å². The third kappa shape index (κ3) is 5.71. The number of aryl methyl sites for hydroxylation is 2. The van der Waals surface area contributed by atoms with Crippen molar-refractivity contribution in [1.82, 2.24) is 0 Å². The van der Waals surface area contributed by atoms with E-state index in [1.807, 2.05) is 74.5 Å². The molecule has 134 valence electrons. The predicted octanol–water partition coefficient (Wildman–Crippen LogP) is 5.03. The average molecular weight is 391 g/mol. The van der Waals surface area contributed by atoms with Gasteiger partial charge in [0.05, 0.1) is 5.02 Å². The summed E-state index contributed by atoms with van der Waals surface area (Å²) < 4.78 is 5.85. The summed E-state index contributed by atoms with van der Waals surface area (Å²) in [7, 11) is 0.0397. The van der Waals surface area contributed by atoms with Gasteiger partial charge in [0.25, 0.3) is 0 Å². The van der Waals surface area contributed by atoms with Crippen LogP contribution in [0.25, 0.3) is 0 Å². The third-order valence-corrected chi connectivity index (χ3v) is 5.77. The van der Waals surface area contributed by atoms with Crippen molar-refractivity contribution in [3.63, 3.8) is 0 Å². The van der Waals surface area contributed by atoms with Crippen LogP contribution in [0.15, 0.2) is 66.7 Å². The van der Waals surface area contributed by atoms with E-state index in [1.165, 1.54) is 0 Å². The van der Waals surface area contributed by atoms with E-state index in [4.69, 9.17) is 16.3 Å². The molecule has 0 aromatic heterocycles. The molecule has 2 nitrogen and oxygen atoms in total. The fourth-order valence-corrected chi connectivity index (χ4v) is 4.24. The van der Waals surface area contributed by atoms with Crippen LogP contribution in [0.3, 0.4) is 0 Å². The van der Waals surface area contributed by atoms with Crippen molar-refractivity contribution in [3.8, 4) is 5.75 Å². The van der Waals surface area contributed by atoms with E-state index in [0.717, 1.165) is 27.7 Å². The standard InChI is InChI=1S/C22H20ClO2P.Li.H/c1-15-7-6-10-19(23)21(15)22(24)26-20-12-11-18(13-16(20)2)25-14-17-8-4-3-5-9-17;;/h3-13,26H,14H2,1-2H3;;. The van der Waals surface area contributed by atoms with Crippen LogP contribution in [-0.2, 0) is 6.61 Å². The minimum absolute atomic E-state index is 0. The van der Waals surface area contributed by atoms with E-state index in [2.05, 4.69) is 0 Å². The van der Waals surface area contributed by atoms with Gasteiger partial charge in [-0.15, -0.1) is 0 Å². The van der Waals surface area contributed by atoms with Gasteiger partial charge >= 0.3 is 18.9 Å². The zero-order valence-corrected chi connectivity index (χ0v) is 16.5. The molecule has 0 saturated carbocycles. The number of hydrogen-bond donors (Lipinski definition) is 0. The summed E-state index contributed by atoms with van der Waals surface area (Å²) in [6, 6.07) is 21.5. The Morgan fingerprint density at radius 2 is 1.70 bits per heavy atom. The topological polar surface area (TPSA) is 26.3 Å². The summed E-state index contributed by atoms with van der Waals surface area (Å²) in [5.41, 5.74) is 3.77. The molecular formula is C22H21ClLiO2P. The number of benzene rings is 3. The third-order valence-electron chi connectivity index (χ3n) is 4.14. The zero-order valence-electron chi connectivity index (χ0n) is 14.8. The molecule has 0 N–H and O–H groups in total. The van der Waals surface area contributed by atoms with E-state index in [9.17, 15) is 4.79 Å². The quantitative estimate of drug-likeness (QED) is 0.436. The van der Waals surface area contributed by atoms with Crippen molar-refractivity contribution in [2.45, 2.75) is 20.5 Å². The molecule has 0 spiro atoms. The first-order chi connectivity index (χ1) is 12.5. The number of ether oxygens (including phenoxy) is 1. The molecule has 0 aliphatic heterocycles. The maximum atomic E-state index is 12.7. The van der Waals surface area contributed by atoms with Crippen LogP contribution in [0, 0.1) is 13.8 Å². The van der Waals surface area contributed by atoms with Crippen molar-refractivity contribution in [2.24, 2.45) is 0 Å². The first-order valence-corrected chi connectivity index (χ1v) is 9.76. The molecule has 0 aliphatic rings. The van der Waals surface area contributed by atoms with Gasteiger partial charge in [-0.05, 0) is 62.6 Å². The predicted molar refractivity (Wildman–Crippen MR) is 118 cm³/mol. The van der Waals surface area contributed by atoms with Crippen molar-refractivity contribution in [2.75, 3.05) is 0 Å². The monoisotopic (exact) mass is 390 g/mol. The van der Waals surface area contributed by atoms with Crippen LogP contribution in [0.5, 0.6) is 5.75 Å². The Bertz CT molecular complexity index is 909. The Kier molecular flexibility index (Phi) is 8.15. The molecule has 0 heterocycles. The van der Waals surface area contributed by atoms with Gasteiger partial charge < -0.3 is 4.74 Å². The number of carbonyl (C=O) groups excluding carboxylic acids is 1. The van der Waals surface area contributed by atoms with E-state index in [1.54, 1.807) is 6.07 Å². The summed E-state index contributed by atoms with van der Waals surface area (Å²) in [6.45, 7) is 4.45. The number of carbonyl (C=O) groups is 1. The van der Waals surface area contributed by atoms with E-state index in [-0.39, 0.29) is 33.0 Å². The minimum atomic E-state index is 0. The van der Waals surface area contributed by atoms with Gasteiger partial charge in [0.15, 0.2) is 5.52 Å². The molecule has 1 unspecified atom stereocenters. The molecule has 0 amide bonds. The normalized spacial score (nSPS) is 10.6. The fraction of sp³-hybridized carbons (Fsp3) is 0.136. The molecule has 3 rings (SSSR count). The molecule has 0 fully saturated rings. The summed E-state index contributed by atoms with van der Waals surface area (Å²) in [6.07, 6.45) is 0. The molecule has 0 aliphatic carbocycles. The van der Waals surface area contributed by atoms with E-state index in [0.29, 0.717) is 17.2 Å². The first-order valence-electron chi connectivity index (χ1n) is 8.38. The molecule has 0 radical (unpaired) electrons. The van der Waals surface area contributed by atoms with Crippen LogP contribution in [0.4, 0.5) is 0 Å². The van der Waals surface area contributed by atoms with Crippen molar-refractivity contribution in [1.29, 1.82) is 0 Å². The van der Waals surface area contributed by atoms with Gasteiger partial charge in [0.2, 0.25) is 0 Å². The van der Waals surface area contributed by atoms with Crippen LogP contribution in [0.2, 0.25) is 5.02 Å². The first kappa shape index (κ1) is 21.7. The van der Waals surface area contributed by atoms with E-state index < -0.39 is 0 Å². The summed E-state index contributed by atoms with van der Waals surface area (Å²) in [5.74, 6) is 0.807. The van der Waals surface area contributed by atoms with Crippen molar-refractivity contribution in [3.05, 3.63) is 94.0 Å². The second-order valence-corrected chi connectivity index (χ2v) is 7.79. The molecular weight excluding hydrogens is 370 g/mol. The second-order valence-electron chi connectivity index (χ2n) is 6.14. The molecule has 0 bridgehead atoms.